The minimum atomic E-state index is -0.186. The number of rotatable bonds is 5. The van der Waals surface area contributed by atoms with Gasteiger partial charge in [0, 0.05) is 10.4 Å². The fourth-order valence-electron chi connectivity index (χ4n) is 2.34. The molecule has 3 aromatic rings. The average Bonchev–Trinajstić information content (AvgIpc) is 2.60. The number of ether oxygens (including phenoxy) is 1. The van der Waals surface area contributed by atoms with Crippen LogP contribution in [0.3, 0.4) is 0 Å². The van der Waals surface area contributed by atoms with Crippen LogP contribution in [0.2, 0.25) is 5.02 Å². The molecule has 0 bridgehead atoms. The zero-order chi connectivity index (χ0) is 16.9. The molecule has 2 N–H and O–H groups in total. The molecular weight excluding hydrogens is 326 g/mol. The number of carbonyl (C=O) groups is 1. The van der Waals surface area contributed by atoms with Crippen molar-refractivity contribution in [3.05, 3.63) is 59.8 Å². The smallest absolute Gasteiger partial charge is 0.243 e. The molecule has 0 unspecified atom stereocenters. The van der Waals surface area contributed by atoms with Gasteiger partial charge < -0.3 is 15.4 Å². The Balaban J connectivity index is 1.66. The summed E-state index contributed by atoms with van der Waals surface area (Å²) in [5.74, 6) is 0.439. The minimum Gasteiger partial charge on any atom is -0.495 e. The van der Waals surface area contributed by atoms with E-state index in [9.17, 15) is 4.79 Å². The Morgan fingerprint density at radius 3 is 2.88 bits per heavy atom. The highest BCUT2D eigenvalue weighted by Gasteiger charge is 2.07. The van der Waals surface area contributed by atoms with Crippen molar-refractivity contribution in [1.82, 2.24) is 4.98 Å². The Hall–Kier alpha value is -2.79. The van der Waals surface area contributed by atoms with Crippen molar-refractivity contribution in [1.29, 1.82) is 0 Å². The van der Waals surface area contributed by atoms with Crippen LogP contribution in [0.5, 0.6) is 5.75 Å². The number of hydrogen-bond donors (Lipinski definition) is 2. The number of methoxy groups -OCH3 is 1. The zero-order valence-corrected chi connectivity index (χ0v) is 13.8. The number of halogens is 1. The van der Waals surface area contributed by atoms with Gasteiger partial charge >= 0.3 is 0 Å². The van der Waals surface area contributed by atoms with Crippen molar-refractivity contribution < 1.29 is 9.53 Å². The fraction of sp³-hybridized carbons (Fsp3) is 0.111. The van der Waals surface area contributed by atoms with Gasteiger partial charge in [-0.3, -0.25) is 9.78 Å². The van der Waals surface area contributed by atoms with E-state index in [4.69, 9.17) is 16.3 Å². The molecule has 0 fully saturated rings. The maximum atomic E-state index is 12.1. The molecule has 1 amide bonds. The van der Waals surface area contributed by atoms with E-state index in [0.29, 0.717) is 22.1 Å². The molecule has 0 aliphatic rings. The molecule has 0 aliphatic carbocycles. The third kappa shape index (κ3) is 3.75. The lowest BCUT2D eigenvalue weighted by atomic mass is 10.2. The van der Waals surface area contributed by atoms with Crippen LogP contribution < -0.4 is 15.4 Å². The molecule has 0 aliphatic heterocycles. The summed E-state index contributed by atoms with van der Waals surface area (Å²) in [6.45, 7) is 0.0868. The van der Waals surface area contributed by atoms with Crippen molar-refractivity contribution in [3.63, 3.8) is 0 Å². The summed E-state index contributed by atoms with van der Waals surface area (Å²) in [6, 6.07) is 14.8. The van der Waals surface area contributed by atoms with E-state index in [-0.39, 0.29) is 12.5 Å². The van der Waals surface area contributed by atoms with Gasteiger partial charge in [-0.15, -0.1) is 0 Å². The summed E-state index contributed by atoms with van der Waals surface area (Å²) in [6.07, 6.45) is 1.64. The number of nitrogens with one attached hydrogen (secondary N) is 2. The van der Waals surface area contributed by atoms with Crippen LogP contribution in [0.15, 0.2) is 54.7 Å². The van der Waals surface area contributed by atoms with Crippen LogP contribution in [0.4, 0.5) is 11.4 Å². The second-order valence-corrected chi connectivity index (χ2v) is 5.60. The van der Waals surface area contributed by atoms with E-state index in [1.165, 1.54) is 0 Å². The van der Waals surface area contributed by atoms with E-state index < -0.39 is 0 Å². The van der Waals surface area contributed by atoms with Crippen LogP contribution in [0.1, 0.15) is 0 Å². The van der Waals surface area contributed by atoms with Crippen molar-refractivity contribution >= 4 is 39.8 Å². The molecule has 5 nitrogen and oxygen atoms in total. The molecule has 122 valence electrons. The standard InChI is InChI=1S/C18H16ClN3O2/c1-24-17-7-6-13(19)9-16(17)21-11-18(23)22-14-8-12-4-2-3-5-15(12)20-10-14/h2-10,21H,11H2,1H3,(H,22,23). The molecule has 0 atom stereocenters. The zero-order valence-electron chi connectivity index (χ0n) is 13.0. The highest BCUT2D eigenvalue weighted by atomic mass is 35.5. The Labute approximate surface area is 144 Å². The number of benzene rings is 2. The molecule has 0 saturated carbocycles. The molecule has 0 saturated heterocycles. The minimum absolute atomic E-state index is 0.0868. The molecule has 2 aromatic carbocycles. The predicted molar refractivity (Wildman–Crippen MR) is 96.9 cm³/mol. The van der Waals surface area contributed by atoms with E-state index >= 15 is 0 Å². The summed E-state index contributed by atoms with van der Waals surface area (Å²) in [4.78, 5) is 16.5. The summed E-state index contributed by atoms with van der Waals surface area (Å²) < 4.78 is 5.24. The predicted octanol–water partition coefficient (Wildman–Crippen LogP) is 3.95. The van der Waals surface area contributed by atoms with E-state index in [1.54, 1.807) is 31.5 Å². The first-order chi connectivity index (χ1) is 11.7. The number of pyridine rings is 1. The monoisotopic (exact) mass is 341 g/mol. The average molecular weight is 342 g/mol. The van der Waals surface area contributed by atoms with Crippen molar-refractivity contribution in [2.75, 3.05) is 24.3 Å². The van der Waals surface area contributed by atoms with Gasteiger partial charge in [0.25, 0.3) is 0 Å². The van der Waals surface area contributed by atoms with Crippen LogP contribution in [0.25, 0.3) is 10.9 Å². The lowest BCUT2D eigenvalue weighted by molar-refractivity contribution is -0.114. The number of hydrogen-bond acceptors (Lipinski definition) is 4. The van der Waals surface area contributed by atoms with Crippen LogP contribution in [-0.2, 0) is 4.79 Å². The lowest BCUT2D eigenvalue weighted by Crippen LogP contribution is -2.22. The van der Waals surface area contributed by atoms with Crippen LogP contribution in [-0.4, -0.2) is 24.5 Å². The van der Waals surface area contributed by atoms with Gasteiger partial charge in [-0.25, -0.2) is 0 Å². The maximum absolute atomic E-state index is 12.1. The van der Waals surface area contributed by atoms with Gasteiger partial charge in [-0.1, -0.05) is 29.8 Å². The molecular formula is C18H16ClN3O2. The van der Waals surface area contributed by atoms with E-state index in [2.05, 4.69) is 15.6 Å². The molecule has 24 heavy (non-hydrogen) atoms. The first-order valence-electron chi connectivity index (χ1n) is 7.38. The van der Waals surface area contributed by atoms with Gasteiger partial charge in [0.1, 0.15) is 5.75 Å². The largest absolute Gasteiger partial charge is 0.495 e. The number of amides is 1. The first kappa shape index (κ1) is 16.1. The fourth-order valence-corrected chi connectivity index (χ4v) is 2.51. The topological polar surface area (TPSA) is 63.2 Å². The Kier molecular flexibility index (Phi) is 4.82. The molecule has 6 heteroatoms. The second kappa shape index (κ2) is 7.19. The number of anilines is 2. The summed E-state index contributed by atoms with van der Waals surface area (Å²) in [5, 5.41) is 7.38. The third-order valence-electron chi connectivity index (χ3n) is 3.48. The normalized spacial score (nSPS) is 10.4. The van der Waals surface area contributed by atoms with Gasteiger partial charge in [-0.05, 0) is 30.3 Å². The van der Waals surface area contributed by atoms with Crippen LogP contribution >= 0.6 is 11.6 Å². The first-order valence-corrected chi connectivity index (χ1v) is 7.75. The maximum Gasteiger partial charge on any atom is 0.243 e. The number of para-hydroxylation sites is 1. The lowest BCUT2D eigenvalue weighted by Gasteiger charge is -2.12. The van der Waals surface area contributed by atoms with Gasteiger partial charge in [-0.2, -0.15) is 0 Å². The molecule has 1 heterocycles. The van der Waals surface area contributed by atoms with E-state index in [1.807, 2.05) is 30.3 Å². The quantitative estimate of drug-likeness (QED) is 0.737. The Morgan fingerprint density at radius 1 is 1.21 bits per heavy atom. The number of fused-ring (bicyclic) bond motifs is 1. The van der Waals surface area contributed by atoms with Crippen molar-refractivity contribution in [3.8, 4) is 5.75 Å². The van der Waals surface area contributed by atoms with Gasteiger partial charge in [0.05, 0.1) is 36.7 Å². The molecule has 1 aromatic heterocycles. The van der Waals surface area contributed by atoms with Gasteiger partial charge in [0.15, 0.2) is 0 Å². The van der Waals surface area contributed by atoms with Gasteiger partial charge in [0.2, 0.25) is 5.91 Å². The van der Waals surface area contributed by atoms with Crippen molar-refractivity contribution in [2.24, 2.45) is 0 Å². The SMILES string of the molecule is COc1ccc(Cl)cc1NCC(=O)Nc1cnc2ccccc2c1. The number of carbonyl (C=O) groups excluding carboxylic acids is 1. The summed E-state index contributed by atoms with van der Waals surface area (Å²) in [7, 11) is 1.56. The molecule has 3 rings (SSSR count). The highest BCUT2D eigenvalue weighted by molar-refractivity contribution is 6.30. The van der Waals surface area contributed by atoms with E-state index in [0.717, 1.165) is 10.9 Å². The number of nitrogens with zero attached hydrogens (tertiary/aromatic N) is 1. The molecule has 0 spiro atoms. The molecule has 0 radical (unpaired) electrons. The van der Waals surface area contributed by atoms with Crippen molar-refractivity contribution in [2.45, 2.75) is 0 Å². The summed E-state index contributed by atoms with van der Waals surface area (Å²) in [5.41, 5.74) is 2.20. The second-order valence-electron chi connectivity index (χ2n) is 5.16. The third-order valence-corrected chi connectivity index (χ3v) is 3.71. The number of aromatic nitrogens is 1. The Bertz CT molecular complexity index is 883. The summed E-state index contributed by atoms with van der Waals surface area (Å²) >= 11 is 5.97. The van der Waals surface area contributed by atoms with Crippen LogP contribution in [0, 0.1) is 0 Å². The Morgan fingerprint density at radius 2 is 2.04 bits per heavy atom. The highest BCUT2D eigenvalue weighted by Crippen LogP contribution is 2.27.